The zero-order chi connectivity index (χ0) is 45.8. The lowest BCUT2D eigenvalue weighted by molar-refractivity contribution is -0.166. The minimum absolute atomic E-state index is 0.0930. The molecule has 0 radical (unpaired) electrons. The van der Waals surface area contributed by atoms with E-state index < -0.39 is 6.10 Å². The van der Waals surface area contributed by atoms with Gasteiger partial charge < -0.3 is 14.2 Å². The molecule has 0 bridgehead atoms. The fourth-order valence-corrected chi connectivity index (χ4v) is 7.66. The van der Waals surface area contributed by atoms with Gasteiger partial charge >= 0.3 is 17.9 Å². The van der Waals surface area contributed by atoms with Crippen LogP contribution in [0.2, 0.25) is 0 Å². The quantitative estimate of drug-likeness (QED) is 0.0262. The molecule has 6 nitrogen and oxygen atoms in total. The van der Waals surface area contributed by atoms with Crippen molar-refractivity contribution < 1.29 is 28.6 Å². The van der Waals surface area contributed by atoms with Gasteiger partial charge in [0.2, 0.25) is 0 Å². The summed E-state index contributed by atoms with van der Waals surface area (Å²) in [6.07, 6.45) is 62.5. The Morgan fingerprint density at radius 2 is 0.603 bits per heavy atom. The largest absolute Gasteiger partial charge is 0.462 e. The first-order valence-corrected chi connectivity index (χ1v) is 27.1. The highest BCUT2D eigenvalue weighted by atomic mass is 16.6. The van der Waals surface area contributed by atoms with E-state index in [1.54, 1.807) is 0 Å². The van der Waals surface area contributed by atoms with Crippen molar-refractivity contribution in [2.75, 3.05) is 13.2 Å². The monoisotopic (exact) mass is 883 g/mol. The van der Waals surface area contributed by atoms with Crippen molar-refractivity contribution in [2.45, 2.75) is 284 Å². The molecule has 366 valence electrons. The summed E-state index contributed by atoms with van der Waals surface area (Å²) in [4.78, 5) is 38.0. The lowest BCUT2D eigenvalue weighted by atomic mass is 10.1. The summed E-state index contributed by atoms with van der Waals surface area (Å²) < 4.78 is 16.8. The number of hydrogen-bond acceptors (Lipinski definition) is 6. The van der Waals surface area contributed by atoms with Gasteiger partial charge in [-0.25, -0.2) is 0 Å². The van der Waals surface area contributed by atoms with Crippen LogP contribution in [0.5, 0.6) is 0 Å². The van der Waals surface area contributed by atoms with E-state index in [1.165, 1.54) is 180 Å². The highest BCUT2D eigenvalue weighted by Gasteiger charge is 2.19. The number of allylic oxidation sites excluding steroid dienone is 8. The summed E-state index contributed by atoms with van der Waals surface area (Å²) in [5, 5.41) is 0. The highest BCUT2D eigenvalue weighted by molar-refractivity contribution is 5.71. The van der Waals surface area contributed by atoms with Gasteiger partial charge in [0, 0.05) is 19.3 Å². The van der Waals surface area contributed by atoms with Crippen molar-refractivity contribution in [1.29, 1.82) is 0 Å². The Hall–Kier alpha value is -2.63. The van der Waals surface area contributed by atoms with Gasteiger partial charge in [0.1, 0.15) is 13.2 Å². The molecule has 1 unspecified atom stereocenters. The molecule has 0 aliphatic carbocycles. The fraction of sp³-hybridized carbons (Fsp3) is 0.807. The average molecular weight is 883 g/mol. The molecule has 63 heavy (non-hydrogen) atoms. The van der Waals surface area contributed by atoms with Crippen molar-refractivity contribution in [3.63, 3.8) is 0 Å². The van der Waals surface area contributed by atoms with E-state index in [9.17, 15) is 14.4 Å². The van der Waals surface area contributed by atoms with Crippen LogP contribution in [0, 0.1) is 0 Å². The Balaban J connectivity index is 4.42. The molecular formula is C57H102O6. The van der Waals surface area contributed by atoms with E-state index in [-0.39, 0.29) is 37.5 Å². The van der Waals surface area contributed by atoms with Crippen LogP contribution in [-0.2, 0) is 28.6 Å². The van der Waals surface area contributed by atoms with Crippen LogP contribution in [0.1, 0.15) is 278 Å². The Labute approximate surface area is 390 Å². The molecular weight excluding hydrogens is 781 g/mol. The van der Waals surface area contributed by atoms with Gasteiger partial charge in [-0.05, 0) is 89.9 Å². The van der Waals surface area contributed by atoms with E-state index >= 15 is 0 Å². The molecule has 0 aromatic heterocycles. The molecule has 0 aromatic rings. The number of ether oxygens (including phenoxy) is 3. The second-order valence-corrected chi connectivity index (χ2v) is 18.1. The third-order valence-electron chi connectivity index (χ3n) is 11.8. The molecule has 0 heterocycles. The molecule has 0 saturated heterocycles. The first-order chi connectivity index (χ1) is 31.0. The maximum absolute atomic E-state index is 12.8. The lowest BCUT2D eigenvalue weighted by Crippen LogP contribution is -2.30. The van der Waals surface area contributed by atoms with Crippen molar-refractivity contribution in [2.24, 2.45) is 0 Å². The van der Waals surface area contributed by atoms with Crippen LogP contribution in [0.25, 0.3) is 0 Å². The third kappa shape index (κ3) is 50.2. The van der Waals surface area contributed by atoms with Crippen molar-refractivity contribution in [3.05, 3.63) is 48.6 Å². The SMILES string of the molecule is CCCCCC/C=C\CCCCCCCCCC(=O)OC(COC(=O)CC/C=C\C/C=C\CCCCCCCC)COC(=O)CCCCCCCCC/C=C\CCCCCCCC. The van der Waals surface area contributed by atoms with Crippen LogP contribution in [0.15, 0.2) is 48.6 Å². The maximum Gasteiger partial charge on any atom is 0.306 e. The molecule has 0 aromatic carbocycles. The van der Waals surface area contributed by atoms with Crippen molar-refractivity contribution >= 4 is 17.9 Å². The number of hydrogen-bond donors (Lipinski definition) is 0. The summed E-state index contributed by atoms with van der Waals surface area (Å²) >= 11 is 0. The van der Waals surface area contributed by atoms with Crippen LogP contribution < -0.4 is 0 Å². The molecule has 0 rings (SSSR count). The first-order valence-electron chi connectivity index (χ1n) is 27.1. The molecule has 0 saturated carbocycles. The van der Waals surface area contributed by atoms with E-state index in [4.69, 9.17) is 14.2 Å². The molecule has 0 spiro atoms. The van der Waals surface area contributed by atoms with Gasteiger partial charge in [0.25, 0.3) is 0 Å². The number of esters is 3. The van der Waals surface area contributed by atoms with Crippen molar-refractivity contribution in [1.82, 2.24) is 0 Å². The van der Waals surface area contributed by atoms with E-state index in [1.807, 2.05) is 6.08 Å². The van der Waals surface area contributed by atoms with Gasteiger partial charge in [-0.15, -0.1) is 0 Å². The summed E-state index contributed by atoms with van der Waals surface area (Å²) in [5.41, 5.74) is 0. The van der Waals surface area contributed by atoms with Gasteiger partial charge in [-0.3, -0.25) is 14.4 Å². The van der Waals surface area contributed by atoms with Gasteiger partial charge in [0.15, 0.2) is 6.10 Å². The predicted octanol–water partition coefficient (Wildman–Crippen LogP) is 17.9. The molecule has 0 amide bonds. The van der Waals surface area contributed by atoms with E-state index in [0.29, 0.717) is 19.3 Å². The minimum Gasteiger partial charge on any atom is -0.462 e. The minimum atomic E-state index is -0.798. The van der Waals surface area contributed by atoms with E-state index in [2.05, 4.69) is 63.3 Å². The van der Waals surface area contributed by atoms with Crippen LogP contribution >= 0.6 is 0 Å². The lowest BCUT2D eigenvalue weighted by Gasteiger charge is -2.18. The molecule has 6 heteroatoms. The molecule has 0 aliphatic heterocycles. The summed E-state index contributed by atoms with van der Waals surface area (Å²) in [7, 11) is 0. The third-order valence-corrected chi connectivity index (χ3v) is 11.8. The van der Waals surface area contributed by atoms with Gasteiger partial charge in [0.05, 0.1) is 0 Å². The van der Waals surface area contributed by atoms with Gasteiger partial charge in [-0.1, -0.05) is 217 Å². The Morgan fingerprint density at radius 3 is 1.00 bits per heavy atom. The Kier molecular flexibility index (Phi) is 49.8. The number of rotatable bonds is 49. The highest BCUT2D eigenvalue weighted by Crippen LogP contribution is 2.15. The molecule has 0 N–H and O–H groups in total. The van der Waals surface area contributed by atoms with Gasteiger partial charge in [-0.2, -0.15) is 0 Å². The fourth-order valence-electron chi connectivity index (χ4n) is 7.66. The van der Waals surface area contributed by atoms with E-state index in [0.717, 1.165) is 51.4 Å². The Morgan fingerprint density at radius 1 is 0.317 bits per heavy atom. The number of unbranched alkanes of at least 4 members (excludes halogenated alkanes) is 30. The average Bonchev–Trinajstić information content (AvgIpc) is 3.28. The predicted molar refractivity (Wildman–Crippen MR) is 270 cm³/mol. The second-order valence-electron chi connectivity index (χ2n) is 18.1. The van der Waals surface area contributed by atoms with Crippen molar-refractivity contribution in [3.8, 4) is 0 Å². The zero-order valence-electron chi connectivity index (χ0n) is 41.8. The van der Waals surface area contributed by atoms with Crippen LogP contribution in [0.3, 0.4) is 0 Å². The molecule has 0 fully saturated rings. The topological polar surface area (TPSA) is 78.9 Å². The first kappa shape index (κ1) is 60.4. The molecule has 0 aliphatic rings. The number of carbonyl (C=O) groups is 3. The Bertz CT molecular complexity index is 1110. The van der Waals surface area contributed by atoms with Crippen LogP contribution in [-0.4, -0.2) is 37.2 Å². The zero-order valence-corrected chi connectivity index (χ0v) is 41.8. The second kappa shape index (κ2) is 52.0. The maximum atomic E-state index is 12.8. The standard InChI is InChI=1S/C57H102O6/c1-4-7-10-13-16-19-22-25-27-28-30-32-35-38-41-44-47-50-56(59)62-53-54(52-61-55(58)49-46-43-40-37-34-31-24-21-18-15-12-9-6-3)63-57(60)51-48-45-42-39-36-33-29-26-23-20-17-14-11-8-5-2/h20,23,25,27,31,34,40,43,54H,4-19,21-22,24,26,28-30,32-33,35-39,41-42,44-53H2,1-3H3/b23-20-,27-25-,34-31-,43-40-. The van der Waals surface area contributed by atoms with Crippen LogP contribution in [0.4, 0.5) is 0 Å². The molecule has 1 atom stereocenters. The normalized spacial score (nSPS) is 12.4. The summed E-state index contributed by atoms with van der Waals surface area (Å²) in [6, 6.07) is 0. The smallest absolute Gasteiger partial charge is 0.306 e. The number of carbonyl (C=O) groups excluding carboxylic acids is 3. The summed E-state index contributed by atoms with van der Waals surface area (Å²) in [5.74, 6) is -0.964. The summed E-state index contributed by atoms with van der Waals surface area (Å²) in [6.45, 7) is 6.57.